The molecule has 1 fully saturated rings. The van der Waals surface area contributed by atoms with Gasteiger partial charge in [-0.2, -0.15) is 0 Å². The highest BCUT2D eigenvalue weighted by Gasteiger charge is 2.24. The number of benzene rings is 1. The minimum Gasteiger partial charge on any atom is -0.508 e. The number of phenolic OH excluding ortho intramolecular Hbond substituents is 1. The fourth-order valence-corrected chi connectivity index (χ4v) is 2.14. The van der Waals surface area contributed by atoms with E-state index in [-0.39, 0.29) is 17.0 Å². The monoisotopic (exact) mass is 195 g/mol. The van der Waals surface area contributed by atoms with Crippen LogP contribution < -0.4 is 5.32 Å². The molecule has 0 radical (unpaired) electrons. The number of nitrogens with one attached hydrogen (secondary N) is 1. The fraction of sp³-hybridized carbons (Fsp3) is 0.222. The molecule has 1 aromatic carbocycles. The Morgan fingerprint density at radius 1 is 1.46 bits per heavy atom. The molecule has 1 saturated heterocycles. The molecule has 4 heteroatoms. The second kappa shape index (κ2) is 3.30. The average Bonchev–Trinajstić information content (AvgIpc) is 2.53. The highest BCUT2D eigenvalue weighted by Crippen LogP contribution is 2.30. The van der Waals surface area contributed by atoms with Crippen LogP contribution in [0.1, 0.15) is 11.6 Å². The number of hydrogen-bond donors (Lipinski definition) is 2. The molecule has 1 unspecified atom stereocenters. The number of rotatable bonds is 1. The summed E-state index contributed by atoms with van der Waals surface area (Å²) in [5.41, 5.74) is 0.792. The van der Waals surface area contributed by atoms with Gasteiger partial charge in [0.05, 0.1) is 6.04 Å². The third-order valence-corrected chi connectivity index (χ3v) is 2.87. The molecule has 0 spiro atoms. The molecule has 1 aliphatic rings. The van der Waals surface area contributed by atoms with E-state index in [2.05, 4.69) is 5.32 Å². The van der Waals surface area contributed by atoms with Gasteiger partial charge in [-0.1, -0.05) is 30.0 Å². The third kappa shape index (κ3) is 1.62. The van der Waals surface area contributed by atoms with Gasteiger partial charge in [-0.15, -0.1) is 0 Å². The van der Waals surface area contributed by atoms with Crippen LogP contribution in [0.3, 0.4) is 0 Å². The van der Waals surface area contributed by atoms with Crippen molar-refractivity contribution in [1.82, 2.24) is 5.32 Å². The molecule has 1 heterocycles. The molecule has 1 aromatic rings. The van der Waals surface area contributed by atoms with Gasteiger partial charge in [0.15, 0.2) is 0 Å². The molecule has 0 bridgehead atoms. The van der Waals surface area contributed by atoms with Crippen LogP contribution in [0.4, 0.5) is 4.79 Å². The Labute approximate surface area is 80.1 Å². The van der Waals surface area contributed by atoms with Crippen LogP contribution in [0.5, 0.6) is 5.75 Å². The third-order valence-electron chi connectivity index (χ3n) is 1.99. The van der Waals surface area contributed by atoms with Gasteiger partial charge in [0.1, 0.15) is 5.75 Å². The Hall–Kier alpha value is -1.16. The molecule has 0 saturated carbocycles. The van der Waals surface area contributed by atoms with Crippen molar-refractivity contribution in [2.45, 2.75) is 6.04 Å². The van der Waals surface area contributed by atoms with Gasteiger partial charge < -0.3 is 10.4 Å². The summed E-state index contributed by atoms with van der Waals surface area (Å²) < 4.78 is 0. The fourth-order valence-electron chi connectivity index (χ4n) is 1.33. The van der Waals surface area contributed by atoms with Crippen molar-refractivity contribution in [2.75, 3.05) is 5.75 Å². The van der Waals surface area contributed by atoms with E-state index >= 15 is 0 Å². The van der Waals surface area contributed by atoms with Crippen LogP contribution in [0.25, 0.3) is 0 Å². The van der Waals surface area contributed by atoms with E-state index in [1.54, 1.807) is 12.1 Å². The first-order chi connectivity index (χ1) is 6.27. The van der Waals surface area contributed by atoms with Crippen LogP contribution in [0.2, 0.25) is 0 Å². The predicted octanol–water partition coefficient (Wildman–Crippen LogP) is 1.89. The van der Waals surface area contributed by atoms with E-state index in [0.717, 1.165) is 5.56 Å². The summed E-state index contributed by atoms with van der Waals surface area (Å²) in [7, 11) is 0. The smallest absolute Gasteiger partial charge is 0.279 e. The Balaban J connectivity index is 2.26. The standard InChI is InChI=1S/C9H9NO2S/c11-8-4-2-1-3-6(8)7-5-13-9(12)10-7/h1-4,7,11H,5H2,(H,10,12). The van der Waals surface area contributed by atoms with Gasteiger partial charge in [-0.05, 0) is 6.07 Å². The number of carbonyl (C=O) groups excluding carboxylic acids is 1. The van der Waals surface area contributed by atoms with Crippen molar-refractivity contribution in [1.29, 1.82) is 0 Å². The first-order valence-corrected chi connectivity index (χ1v) is 4.97. The maximum atomic E-state index is 10.9. The lowest BCUT2D eigenvalue weighted by Crippen LogP contribution is -2.17. The van der Waals surface area contributed by atoms with E-state index in [1.165, 1.54) is 11.8 Å². The number of aromatic hydroxyl groups is 1. The largest absolute Gasteiger partial charge is 0.508 e. The number of phenols is 1. The zero-order chi connectivity index (χ0) is 9.26. The minimum atomic E-state index is -0.0429. The van der Waals surface area contributed by atoms with E-state index in [9.17, 15) is 9.90 Å². The lowest BCUT2D eigenvalue weighted by Gasteiger charge is -2.10. The van der Waals surface area contributed by atoms with Crippen LogP contribution in [0.15, 0.2) is 24.3 Å². The Morgan fingerprint density at radius 3 is 2.85 bits per heavy atom. The maximum Gasteiger partial charge on any atom is 0.279 e. The molecule has 0 aromatic heterocycles. The number of carbonyl (C=O) groups is 1. The normalized spacial score (nSPS) is 21.5. The van der Waals surface area contributed by atoms with E-state index in [1.807, 2.05) is 12.1 Å². The van der Waals surface area contributed by atoms with Crippen LogP contribution >= 0.6 is 11.8 Å². The average molecular weight is 195 g/mol. The summed E-state index contributed by atoms with van der Waals surface area (Å²) in [6, 6.07) is 7.03. The zero-order valence-electron chi connectivity index (χ0n) is 6.86. The number of thioether (sulfide) groups is 1. The van der Waals surface area contributed by atoms with Gasteiger partial charge in [0, 0.05) is 11.3 Å². The van der Waals surface area contributed by atoms with Gasteiger partial charge in [0.2, 0.25) is 0 Å². The molecule has 3 nitrogen and oxygen atoms in total. The van der Waals surface area contributed by atoms with Gasteiger partial charge >= 0.3 is 0 Å². The second-order valence-corrected chi connectivity index (χ2v) is 3.85. The van der Waals surface area contributed by atoms with E-state index in [0.29, 0.717) is 5.75 Å². The number of hydrogen-bond acceptors (Lipinski definition) is 3. The van der Waals surface area contributed by atoms with Gasteiger partial charge in [0.25, 0.3) is 5.24 Å². The van der Waals surface area contributed by atoms with Crippen molar-refractivity contribution in [2.24, 2.45) is 0 Å². The molecule has 1 aliphatic heterocycles. The predicted molar refractivity (Wildman–Crippen MR) is 51.8 cm³/mol. The molecule has 2 N–H and O–H groups in total. The van der Waals surface area contributed by atoms with Crippen molar-refractivity contribution in [3.8, 4) is 5.75 Å². The SMILES string of the molecule is O=C1NC(c2ccccc2O)CS1. The summed E-state index contributed by atoms with van der Waals surface area (Å²) in [6.07, 6.45) is 0. The summed E-state index contributed by atoms with van der Waals surface area (Å²) in [5, 5.41) is 12.3. The minimum absolute atomic E-state index is 0.0201. The highest BCUT2D eigenvalue weighted by atomic mass is 32.2. The summed E-state index contributed by atoms with van der Waals surface area (Å²) in [5.74, 6) is 0.937. The summed E-state index contributed by atoms with van der Waals surface area (Å²) >= 11 is 1.25. The zero-order valence-corrected chi connectivity index (χ0v) is 7.67. The molecular formula is C9H9NO2S. The first-order valence-electron chi connectivity index (χ1n) is 3.98. The summed E-state index contributed by atoms with van der Waals surface area (Å²) in [6.45, 7) is 0. The molecule has 2 rings (SSSR count). The molecule has 68 valence electrons. The Kier molecular flexibility index (Phi) is 2.14. The number of amides is 1. The van der Waals surface area contributed by atoms with Crippen molar-refractivity contribution in [3.05, 3.63) is 29.8 Å². The Bertz CT molecular complexity index is 340. The van der Waals surface area contributed by atoms with Crippen molar-refractivity contribution in [3.63, 3.8) is 0 Å². The Morgan fingerprint density at radius 2 is 2.23 bits per heavy atom. The van der Waals surface area contributed by atoms with E-state index in [4.69, 9.17) is 0 Å². The lowest BCUT2D eigenvalue weighted by atomic mass is 10.1. The maximum absolute atomic E-state index is 10.9. The molecule has 0 aliphatic carbocycles. The molecule has 13 heavy (non-hydrogen) atoms. The first kappa shape index (κ1) is 8.44. The highest BCUT2D eigenvalue weighted by molar-refractivity contribution is 8.13. The second-order valence-electron chi connectivity index (χ2n) is 2.85. The van der Waals surface area contributed by atoms with Crippen LogP contribution in [-0.2, 0) is 0 Å². The number of para-hydroxylation sites is 1. The van der Waals surface area contributed by atoms with Crippen molar-refractivity contribution < 1.29 is 9.90 Å². The quantitative estimate of drug-likeness (QED) is 0.719. The van der Waals surface area contributed by atoms with Gasteiger partial charge in [-0.3, -0.25) is 4.79 Å². The molecule has 1 amide bonds. The van der Waals surface area contributed by atoms with E-state index < -0.39 is 0 Å². The molecule has 1 atom stereocenters. The van der Waals surface area contributed by atoms with Gasteiger partial charge in [-0.25, -0.2) is 0 Å². The van der Waals surface area contributed by atoms with Crippen molar-refractivity contribution >= 4 is 17.0 Å². The summed E-state index contributed by atoms with van der Waals surface area (Å²) in [4.78, 5) is 10.9. The van der Waals surface area contributed by atoms with Crippen LogP contribution in [-0.4, -0.2) is 16.1 Å². The van der Waals surface area contributed by atoms with Crippen LogP contribution in [0, 0.1) is 0 Å². The lowest BCUT2D eigenvalue weighted by molar-refractivity contribution is 0.260. The topological polar surface area (TPSA) is 49.3 Å². The molecular weight excluding hydrogens is 186 g/mol.